The SMILES string of the molecule is COc1ccc(-c2cc(-c3ccc4c(c3)OCCO4)nc3sc4c(c23)CCC(C)C4)cc1.Cl. The van der Waals surface area contributed by atoms with Crippen LogP contribution in [-0.4, -0.2) is 25.3 Å². The number of rotatable bonds is 3. The zero-order valence-corrected chi connectivity index (χ0v) is 20.4. The third-order valence-corrected chi connectivity index (χ3v) is 7.65. The number of fused-ring (bicyclic) bond motifs is 4. The molecule has 33 heavy (non-hydrogen) atoms. The lowest BCUT2D eigenvalue weighted by atomic mass is 9.87. The molecule has 1 aliphatic heterocycles. The minimum atomic E-state index is 0. The Labute approximate surface area is 203 Å². The number of methoxy groups -OCH3 is 1. The van der Waals surface area contributed by atoms with E-state index in [1.807, 2.05) is 29.5 Å². The van der Waals surface area contributed by atoms with E-state index in [-0.39, 0.29) is 12.4 Å². The molecule has 6 heteroatoms. The van der Waals surface area contributed by atoms with E-state index in [1.165, 1.54) is 33.4 Å². The van der Waals surface area contributed by atoms with Crippen molar-refractivity contribution in [3.8, 4) is 39.6 Å². The van der Waals surface area contributed by atoms with Gasteiger partial charge in [0, 0.05) is 15.8 Å². The largest absolute Gasteiger partial charge is 0.497 e. The Balaban J connectivity index is 0.00000228. The van der Waals surface area contributed by atoms with Crippen LogP contribution >= 0.6 is 23.7 Å². The Morgan fingerprint density at radius 2 is 1.73 bits per heavy atom. The van der Waals surface area contributed by atoms with Gasteiger partial charge in [-0.05, 0) is 78.3 Å². The molecule has 0 bridgehead atoms. The fraction of sp³-hybridized carbons (Fsp3) is 0.296. The molecule has 4 aromatic rings. The molecule has 3 heterocycles. The van der Waals surface area contributed by atoms with Crippen LogP contribution in [-0.2, 0) is 12.8 Å². The molecule has 0 radical (unpaired) electrons. The van der Waals surface area contributed by atoms with Gasteiger partial charge in [0.05, 0.1) is 12.8 Å². The number of ether oxygens (including phenoxy) is 3. The number of nitrogens with zero attached hydrogens (tertiary/aromatic N) is 1. The van der Waals surface area contributed by atoms with Gasteiger partial charge in [-0.3, -0.25) is 0 Å². The lowest BCUT2D eigenvalue weighted by molar-refractivity contribution is 0.171. The predicted octanol–water partition coefficient (Wildman–Crippen LogP) is 6.96. The first kappa shape index (κ1) is 22.1. The molecular formula is C27H26ClNO3S. The van der Waals surface area contributed by atoms with Gasteiger partial charge in [0.1, 0.15) is 23.8 Å². The Morgan fingerprint density at radius 1 is 0.970 bits per heavy atom. The molecule has 0 spiro atoms. The molecule has 6 rings (SSSR count). The highest BCUT2D eigenvalue weighted by Gasteiger charge is 2.24. The summed E-state index contributed by atoms with van der Waals surface area (Å²) in [6.07, 6.45) is 3.52. The van der Waals surface area contributed by atoms with E-state index in [0.717, 1.165) is 52.1 Å². The molecule has 0 amide bonds. The molecular weight excluding hydrogens is 454 g/mol. The van der Waals surface area contributed by atoms with Gasteiger partial charge in [-0.2, -0.15) is 0 Å². The summed E-state index contributed by atoms with van der Waals surface area (Å²) in [7, 11) is 1.70. The molecule has 1 unspecified atom stereocenters. The van der Waals surface area contributed by atoms with Crippen molar-refractivity contribution in [2.75, 3.05) is 20.3 Å². The Kier molecular flexibility index (Phi) is 5.94. The summed E-state index contributed by atoms with van der Waals surface area (Å²) in [5.74, 6) is 3.20. The quantitative estimate of drug-likeness (QED) is 0.318. The Hall–Kier alpha value is -2.76. The summed E-state index contributed by atoms with van der Waals surface area (Å²) in [6, 6.07) is 16.7. The summed E-state index contributed by atoms with van der Waals surface area (Å²) < 4.78 is 16.9. The Bertz CT molecular complexity index is 1320. The average Bonchev–Trinajstić information content (AvgIpc) is 3.20. The highest BCUT2D eigenvalue weighted by molar-refractivity contribution is 7.19. The van der Waals surface area contributed by atoms with Crippen LogP contribution in [0.2, 0.25) is 0 Å². The molecule has 0 saturated heterocycles. The molecule has 0 saturated carbocycles. The zero-order valence-electron chi connectivity index (χ0n) is 18.7. The van der Waals surface area contributed by atoms with Crippen molar-refractivity contribution < 1.29 is 14.2 Å². The van der Waals surface area contributed by atoms with Crippen LogP contribution in [0.25, 0.3) is 32.6 Å². The van der Waals surface area contributed by atoms with E-state index >= 15 is 0 Å². The number of thiophene rings is 1. The third-order valence-electron chi connectivity index (χ3n) is 6.50. The predicted molar refractivity (Wildman–Crippen MR) is 136 cm³/mol. The van der Waals surface area contributed by atoms with Crippen LogP contribution in [0.1, 0.15) is 23.8 Å². The monoisotopic (exact) mass is 479 g/mol. The van der Waals surface area contributed by atoms with E-state index < -0.39 is 0 Å². The van der Waals surface area contributed by atoms with Gasteiger partial charge in [-0.25, -0.2) is 4.98 Å². The van der Waals surface area contributed by atoms with Gasteiger partial charge in [0.2, 0.25) is 0 Å². The van der Waals surface area contributed by atoms with Crippen molar-refractivity contribution in [1.29, 1.82) is 0 Å². The lowest BCUT2D eigenvalue weighted by Gasteiger charge is -2.19. The van der Waals surface area contributed by atoms with Crippen LogP contribution in [0.5, 0.6) is 17.2 Å². The summed E-state index contributed by atoms with van der Waals surface area (Å²) >= 11 is 1.87. The number of aryl methyl sites for hydroxylation is 1. The van der Waals surface area contributed by atoms with E-state index in [9.17, 15) is 0 Å². The maximum atomic E-state index is 5.83. The van der Waals surface area contributed by atoms with Crippen molar-refractivity contribution in [1.82, 2.24) is 4.98 Å². The Morgan fingerprint density at radius 3 is 2.52 bits per heavy atom. The van der Waals surface area contributed by atoms with Crippen molar-refractivity contribution in [2.45, 2.75) is 26.2 Å². The topological polar surface area (TPSA) is 40.6 Å². The summed E-state index contributed by atoms with van der Waals surface area (Å²) in [6.45, 7) is 3.53. The number of hydrogen-bond acceptors (Lipinski definition) is 5. The van der Waals surface area contributed by atoms with Crippen LogP contribution < -0.4 is 14.2 Å². The maximum Gasteiger partial charge on any atom is 0.162 e. The van der Waals surface area contributed by atoms with Gasteiger partial charge < -0.3 is 14.2 Å². The second kappa shape index (κ2) is 8.88. The normalized spacial score (nSPS) is 16.7. The van der Waals surface area contributed by atoms with Crippen LogP contribution in [0, 0.1) is 5.92 Å². The fourth-order valence-electron chi connectivity index (χ4n) is 4.79. The second-order valence-corrected chi connectivity index (χ2v) is 9.76. The first-order valence-electron chi connectivity index (χ1n) is 11.2. The molecule has 170 valence electrons. The van der Waals surface area contributed by atoms with Crippen molar-refractivity contribution in [2.24, 2.45) is 5.92 Å². The summed E-state index contributed by atoms with van der Waals surface area (Å²) in [4.78, 5) is 7.77. The molecule has 1 aliphatic carbocycles. The first-order valence-corrected chi connectivity index (χ1v) is 12.0. The number of aromatic nitrogens is 1. The fourth-order valence-corrected chi connectivity index (χ4v) is 6.20. The summed E-state index contributed by atoms with van der Waals surface area (Å²) in [5.41, 5.74) is 5.94. The van der Waals surface area contributed by atoms with E-state index in [4.69, 9.17) is 19.2 Å². The number of hydrogen-bond donors (Lipinski definition) is 0. The van der Waals surface area contributed by atoms with Gasteiger partial charge in [0.25, 0.3) is 0 Å². The number of pyridine rings is 1. The van der Waals surface area contributed by atoms with Crippen molar-refractivity contribution in [3.63, 3.8) is 0 Å². The molecule has 1 atom stereocenters. The number of benzene rings is 2. The molecule has 2 aliphatic rings. The van der Waals surface area contributed by atoms with Crippen molar-refractivity contribution >= 4 is 34.0 Å². The highest BCUT2D eigenvalue weighted by Crippen LogP contribution is 2.44. The average molecular weight is 480 g/mol. The molecule has 4 nitrogen and oxygen atoms in total. The van der Waals surface area contributed by atoms with Gasteiger partial charge >= 0.3 is 0 Å². The van der Waals surface area contributed by atoms with Crippen LogP contribution in [0.4, 0.5) is 0 Å². The van der Waals surface area contributed by atoms with E-state index in [2.05, 4.69) is 37.3 Å². The minimum absolute atomic E-state index is 0. The minimum Gasteiger partial charge on any atom is -0.497 e. The smallest absolute Gasteiger partial charge is 0.162 e. The second-order valence-electron chi connectivity index (χ2n) is 8.67. The lowest BCUT2D eigenvalue weighted by Crippen LogP contribution is -2.15. The molecule has 2 aromatic heterocycles. The molecule has 0 fully saturated rings. The van der Waals surface area contributed by atoms with E-state index in [1.54, 1.807) is 7.11 Å². The van der Waals surface area contributed by atoms with E-state index in [0.29, 0.717) is 13.2 Å². The maximum absolute atomic E-state index is 5.83. The van der Waals surface area contributed by atoms with Crippen LogP contribution in [0.15, 0.2) is 48.5 Å². The molecule has 0 N–H and O–H groups in total. The molecule has 2 aromatic carbocycles. The third kappa shape index (κ3) is 3.94. The van der Waals surface area contributed by atoms with Gasteiger partial charge in [-0.15, -0.1) is 23.7 Å². The highest BCUT2D eigenvalue weighted by atomic mass is 35.5. The number of halogens is 1. The first-order chi connectivity index (χ1) is 15.7. The van der Waals surface area contributed by atoms with Gasteiger partial charge in [0.15, 0.2) is 11.5 Å². The van der Waals surface area contributed by atoms with Crippen LogP contribution in [0.3, 0.4) is 0 Å². The van der Waals surface area contributed by atoms with Gasteiger partial charge in [-0.1, -0.05) is 19.1 Å². The zero-order chi connectivity index (χ0) is 21.7. The summed E-state index contributed by atoms with van der Waals surface area (Å²) in [5, 5.41) is 1.32. The van der Waals surface area contributed by atoms with Crippen molar-refractivity contribution in [3.05, 3.63) is 59.0 Å². The standard InChI is InChI=1S/C27H25NO3S.ClH/c1-16-3-9-20-25(13-16)32-27-26(20)21(17-4-7-19(29-2)8-5-17)15-22(28-27)18-6-10-23-24(14-18)31-12-11-30-23;/h4-8,10,14-16H,3,9,11-13H2,1-2H3;1H.